The van der Waals surface area contributed by atoms with Crippen LogP contribution >= 0.6 is 0 Å². The van der Waals surface area contributed by atoms with Crippen LogP contribution in [0.4, 0.5) is 5.69 Å². The first kappa shape index (κ1) is 16.7. The Morgan fingerprint density at radius 2 is 1.61 bits per heavy atom. The van der Waals surface area contributed by atoms with E-state index < -0.39 is 11.8 Å². The monoisotopic (exact) mass is 310 g/mol. The highest BCUT2D eigenvalue weighted by Crippen LogP contribution is 2.14. The van der Waals surface area contributed by atoms with E-state index in [1.54, 1.807) is 0 Å². The fourth-order valence-corrected chi connectivity index (χ4v) is 2.51. The molecule has 1 N–H and O–H groups in total. The number of likely N-dealkylation sites (N-methyl/N-ethyl adjacent to an activating group) is 1. The van der Waals surface area contributed by atoms with Gasteiger partial charge in [0.05, 0.1) is 0 Å². The Bertz CT molecular complexity index is 676. The summed E-state index contributed by atoms with van der Waals surface area (Å²) in [5.74, 6) is -1.12. The summed E-state index contributed by atoms with van der Waals surface area (Å²) >= 11 is 0. The van der Waals surface area contributed by atoms with Crippen molar-refractivity contribution in [2.45, 2.75) is 27.3 Å². The van der Waals surface area contributed by atoms with E-state index in [9.17, 15) is 9.59 Å². The summed E-state index contributed by atoms with van der Waals surface area (Å²) in [5.41, 5.74) is 3.74. The Labute approximate surface area is 137 Å². The molecular weight excluding hydrogens is 288 g/mol. The quantitative estimate of drug-likeness (QED) is 0.881. The zero-order valence-electron chi connectivity index (χ0n) is 13.8. The van der Waals surface area contributed by atoms with Crippen LogP contribution in [0.1, 0.15) is 23.6 Å². The number of benzene rings is 2. The Morgan fingerprint density at radius 3 is 2.17 bits per heavy atom. The van der Waals surface area contributed by atoms with Crippen molar-refractivity contribution in [1.29, 1.82) is 0 Å². The van der Waals surface area contributed by atoms with Crippen molar-refractivity contribution in [2.75, 3.05) is 11.9 Å². The molecule has 23 heavy (non-hydrogen) atoms. The summed E-state index contributed by atoms with van der Waals surface area (Å²) in [4.78, 5) is 26.1. The number of rotatable bonds is 4. The van der Waals surface area contributed by atoms with Crippen molar-refractivity contribution in [3.63, 3.8) is 0 Å². The smallest absolute Gasteiger partial charge is 0.313 e. The fraction of sp³-hybridized carbons (Fsp3) is 0.263. The van der Waals surface area contributed by atoms with Gasteiger partial charge in [0, 0.05) is 18.8 Å². The topological polar surface area (TPSA) is 49.4 Å². The molecule has 0 aliphatic rings. The lowest BCUT2D eigenvalue weighted by molar-refractivity contribution is -0.143. The number of anilines is 1. The summed E-state index contributed by atoms with van der Waals surface area (Å²) < 4.78 is 0. The largest absolute Gasteiger partial charge is 0.330 e. The molecule has 2 aromatic rings. The molecule has 0 fully saturated rings. The molecule has 0 spiro atoms. The zero-order chi connectivity index (χ0) is 16.8. The van der Waals surface area contributed by atoms with Gasteiger partial charge in [0.1, 0.15) is 0 Å². The van der Waals surface area contributed by atoms with Gasteiger partial charge < -0.3 is 10.2 Å². The van der Waals surface area contributed by atoms with E-state index in [1.165, 1.54) is 4.90 Å². The average Bonchev–Trinajstić information content (AvgIpc) is 2.52. The van der Waals surface area contributed by atoms with Crippen LogP contribution in [0.15, 0.2) is 48.5 Å². The molecule has 0 aliphatic heterocycles. The molecule has 0 bridgehead atoms. The first-order valence-corrected chi connectivity index (χ1v) is 7.72. The van der Waals surface area contributed by atoms with Crippen LogP contribution in [-0.4, -0.2) is 23.3 Å². The van der Waals surface area contributed by atoms with Crippen molar-refractivity contribution in [3.05, 3.63) is 65.2 Å². The average molecular weight is 310 g/mol. The standard InChI is InChI=1S/C19H22N2O2/c1-4-21(13-16-8-6-5-7-9-16)19(23)18(22)20-17-11-14(2)10-15(3)12-17/h5-12H,4,13H2,1-3H3,(H,20,22). The SMILES string of the molecule is CCN(Cc1ccccc1)C(=O)C(=O)Nc1cc(C)cc(C)c1. The lowest BCUT2D eigenvalue weighted by Gasteiger charge is -2.20. The van der Waals surface area contributed by atoms with Gasteiger partial charge in [0.25, 0.3) is 0 Å². The third-order valence-electron chi connectivity index (χ3n) is 3.56. The summed E-state index contributed by atoms with van der Waals surface area (Å²) in [5, 5.41) is 2.69. The lowest BCUT2D eigenvalue weighted by Crippen LogP contribution is -2.39. The van der Waals surface area contributed by atoms with Gasteiger partial charge in [-0.3, -0.25) is 9.59 Å². The fourth-order valence-electron chi connectivity index (χ4n) is 2.51. The number of nitrogens with zero attached hydrogens (tertiary/aromatic N) is 1. The molecule has 4 nitrogen and oxygen atoms in total. The minimum absolute atomic E-state index is 0.427. The molecule has 0 aromatic heterocycles. The number of hydrogen-bond donors (Lipinski definition) is 1. The number of carbonyl (C=O) groups is 2. The van der Waals surface area contributed by atoms with Gasteiger partial charge in [-0.1, -0.05) is 36.4 Å². The molecule has 2 aromatic carbocycles. The molecule has 0 saturated carbocycles. The van der Waals surface area contributed by atoms with Gasteiger partial charge in [0.2, 0.25) is 0 Å². The maximum absolute atomic E-state index is 12.4. The van der Waals surface area contributed by atoms with E-state index in [-0.39, 0.29) is 0 Å². The number of hydrogen-bond acceptors (Lipinski definition) is 2. The molecule has 0 heterocycles. The maximum atomic E-state index is 12.4. The van der Waals surface area contributed by atoms with Gasteiger partial charge in [-0.2, -0.15) is 0 Å². The van der Waals surface area contributed by atoms with Crippen molar-refractivity contribution < 1.29 is 9.59 Å². The van der Waals surface area contributed by atoms with Gasteiger partial charge in [-0.15, -0.1) is 0 Å². The first-order chi connectivity index (χ1) is 11.0. The van der Waals surface area contributed by atoms with Crippen LogP contribution < -0.4 is 5.32 Å². The lowest BCUT2D eigenvalue weighted by atomic mass is 10.1. The summed E-state index contributed by atoms with van der Waals surface area (Å²) in [6.45, 7) is 6.69. The van der Waals surface area contributed by atoms with Crippen molar-refractivity contribution >= 4 is 17.5 Å². The molecule has 2 amide bonds. The Balaban J connectivity index is 2.06. The van der Waals surface area contributed by atoms with Crippen LogP contribution in [0, 0.1) is 13.8 Å². The second-order valence-corrected chi connectivity index (χ2v) is 5.64. The van der Waals surface area contributed by atoms with E-state index >= 15 is 0 Å². The van der Waals surface area contributed by atoms with Gasteiger partial charge in [-0.25, -0.2) is 0 Å². The third-order valence-corrected chi connectivity index (χ3v) is 3.56. The summed E-state index contributed by atoms with van der Waals surface area (Å²) in [6, 6.07) is 15.4. The second-order valence-electron chi connectivity index (χ2n) is 5.64. The minimum atomic E-state index is -0.604. The Morgan fingerprint density at radius 1 is 1.00 bits per heavy atom. The Hall–Kier alpha value is -2.62. The van der Waals surface area contributed by atoms with Crippen LogP contribution in [0.3, 0.4) is 0 Å². The number of nitrogens with one attached hydrogen (secondary N) is 1. The molecule has 0 saturated heterocycles. The molecule has 4 heteroatoms. The van der Waals surface area contributed by atoms with Crippen LogP contribution in [0.25, 0.3) is 0 Å². The highest BCUT2D eigenvalue weighted by atomic mass is 16.2. The van der Waals surface area contributed by atoms with E-state index in [0.29, 0.717) is 18.8 Å². The molecule has 0 radical (unpaired) electrons. The zero-order valence-corrected chi connectivity index (χ0v) is 13.8. The van der Waals surface area contributed by atoms with Crippen LogP contribution in [-0.2, 0) is 16.1 Å². The predicted octanol–water partition coefficient (Wildman–Crippen LogP) is 3.29. The van der Waals surface area contributed by atoms with E-state index in [1.807, 2.05) is 69.3 Å². The van der Waals surface area contributed by atoms with Gasteiger partial charge in [0.15, 0.2) is 0 Å². The van der Waals surface area contributed by atoms with Crippen LogP contribution in [0.5, 0.6) is 0 Å². The van der Waals surface area contributed by atoms with Crippen LogP contribution in [0.2, 0.25) is 0 Å². The van der Waals surface area contributed by atoms with Crippen molar-refractivity contribution in [3.8, 4) is 0 Å². The van der Waals surface area contributed by atoms with Crippen molar-refractivity contribution in [1.82, 2.24) is 4.90 Å². The first-order valence-electron chi connectivity index (χ1n) is 7.72. The van der Waals surface area contributed by atoms with E-state index in [2.05, 4.69) is 5.32 Å². The summed E-state index contributed by atoms with van der Waals surface area (Å²) in [6.07, 6.45) is 0. The second kappa shape index (κ2) is 7.58. The molecule has 0 aliphatic carbocycles. The van der Waals surface area contributed by atoms with Gasteiger partial charge in [-0.05, 0) is 49.6 Å². The minimum Gasteiger partial charge on any atom is -0.330 e. The number of aryl methyl sites for hydroxylation is 2. The number of amides is 2. The van der Waals surface area contributed by atoms with Crippen molar-refractivity contribution in [2.24, 2.45) is 0 Å². The Kier molecular flexibility index (Phi) is 5.52. The molecule has 2 rings (SSSR count). The predicted molar refractivity (Wildman–Crippen MR) is 92.1 cm³/mol. The third kappa shape index (κ3) is 4.68. The van der Waals surface area contributed by atoms with E-state index in [4.69, 9.17) is 0 Å². The molecular formula is C19H22N2O2. The molecule has 0 atom stereocenters. The maximum Gasteiger partial charge on any atom is 0.313 e. The number of carbonyl (C=O) groups excluding carboxylic acids is 2. The molecule has 120 valence electrons. The normalized spacial score (nSPS) is 10.2. The molecule has 0 unspecified atom stereocenters. The summed E-state index contributed by atoms with van der Waals surface area (Å²) in [7, 11) is 0. The highest BCUT2D eigenvalue weighted by molar-refractivity contribution is 6.39. The van der Waals surface area contributed by atoms with E-state index in [0.717, 1.165) is 16.7 Å². The van der Waals surface area contributed by atoms with Gasteiger partial charge >= 0.3 is 11.8 Å². The highest BCUT2D eigenvalue weighted by Gasteiger charge is 2.21.